The molecule has 9 nitrogen and oxygen atoms in total. The molecule has 4 rings (SSSR count). The fraction of sp³-hybridized carbons (Fsp3) is 0.321. The molecule has 0 radical (unpaired) electrons. The monoisotopic (exact) mass is 538 g/mol. The second-order valence-corrected chi connectivity index (χ2v) is 11.1. The van der Waals surface area contributed by atoms with Crippen LogP contribution in [0.4, 0.5) is 0 Å². The number of H-pyrrole nitrogens is 1. The van der Waals surface area contributed by atoms with Crippen molar-refractivity contribution in [3.8, 4) is 0 Å². The smallest absolute Gasteiger partial charge is 0.340 e. The summed E-state index contributed by atoms with van der Waals surface area (Å²) in [6.45, 7) is 7.16. The van der Waals surface area contributed by atoms with Gasteiger partial charge in [0.25, 0.3) is 0 Å². The molecule has 1 aromatic heterocycles. The van der Waals surface area contributed by atoms with Crippen LogP contribution in [0.5, 0.6) is 0 Å². The number of aryl methyl sites for hydroxylation is 1. The van der Waals surface area contributed by atoms with E-state index < -0.39 is 33.8 Å². The van der Waals surface area contributed by atoms with Crippen LogP contribution in [-0.4, -0.2) is 54.7 Å². The number of nitrogens with one attached hydrogen (secondary N) is 1. The summed E-state index contributed by atoms with van der Waals surface area (Å²) in [5.41, 5.74) is 3.38. The van der Waals surface area contributed by atoms with Gasteiger partial charge in [0, 0.05) is 18.8 Å². The predicted octanol–water partition coefficient (Wildman–Crippen LogP) is 3.98. The third kappa shape index (κ3) is 5.27. The summed E-state index contributed by atoms with van der Waals surface area (Å²) in [5.74, 6) is -1.90. The highest BCUT2D eigenvalue weighted by atomic mass is 32.2. The Kier molecular flexibility index (Phi) is 7.84. The Bertz CT molecular complexity index is 1510. The normalized spacial score (nSPS) is 14.4. The second kappa shape index (κ2) is 10.9. The van der Waals surface area contributed by atoms with Crippen molar-refractivity contribution in [2.75, 3.05) is 13.2 Å². The topological polar surface area (TPSA) is 123 Å². The highest BCUT2D eigenvalue weighted by molar-refractivity contribution is 7.89. The molecule has 38 heavy (non-hydrogen) atoms. The van der Waals surface area contributed by atoms with Crippen LogP contribution in [0.25, 0.3) is 0 Å². The number of hydrogen-bond donors (Lipinski definition) is 1. The Balaban J connectivity index is 1.50. The zero-order chi connectivity index (χ0) is 27.6. The van der Waals surface area contributed by atoms with Crippen LogP contribution in [0.2, 0.25) is 0 Å². The highest BCUT2D eigenvalue weighted by Crippen LogP contribution is 2.26. The molecular weight excluding hydrogens is 508 g/mol. The van der Waals surface area contributed by atoms with Gasteiger partial charge < -0.3 is 14.5 Å². The maximum atomic E-state index is 13.3. The molecule has 0 fully saturated rings. The highest BCUT2D eigenvalue weighted by Gasteiger charge is 2.30. The average molecular weight is 539 g/mol. The largest absolute Gasteiger partial charge is 0.462 e. The van der Waals surface area contributed by atoms with Gasteiger partial charge in [-0.15, -0.1) is 0 Å². The molecular formula is C28H30N2O7S. The minimum absolute atomic E-state index is 0.00901. The summed E-state index contributed by atoms with van der Waals surface area (Å²) in [6.07, 6.45) is -0.583. The molecule has 0 saturated carbocycles. The molecule has 1 atom stereocenters. The fourth-order valence-electron chi connectivity index (χ4n) is 4.60. The number of aromatic amines is 1. The number of hydrogen-bond acceptors (Lipinski definition) is 7. The van der Waals surface area contributed by atoms with Crippen molar-refractivity contribution >= 4 is 27.7 Å². The number of ketones is 1. The first-order valence-electron chi connectivity index (χ1n) is 12.3. The minimum atomic E-state index is -3.86. The van der Waals surface area contributed by atoms with Crippen LogP contribution < -0.4 is 0 Å². The predicted molar refractivity (Wildman–Crippen MR) is 140 cm³/mol. The van der Waals surface area contributed by atoms with Gasteiger partial charge in [-0.1, -0.05) is 30.3 Å². The molecule has 200 valence electrons. The number of sulfonamides is 1. The van der Waals surface area contributed by atoms with Gasteiger partial charge in [0.1, 0.15) is 0 Å². The Hall–Kier alpha value is -3.76. The second-order valence-electron chi connectivity index (χ2n) is 9.14. The molecule has 0 unspecified atom stereocenters. The summed E-state index contributed by atoms with van der Waals surface area (Å²) in [7, 11) is -3.86. The van der Waals surface area contributed by atoms with E-state index in [-0.39, 0.29) is 34.9 Å². The van der Waals surface area contributed by atoms with Gasteiger partial charge in [0.15, 0.2) is 6.10 Å². The van der Waals surface area contributed by atoms with Crippen molar-refractivity contribution < 1.29 is 32.3 Å². The van der Waals surface area contributed by atoms with Crippen molar-refractivity contribution in [3.05, 3.63) is 87.7 Å². The lowest BCUT2D eigenvalue weighted by atomic mass is 10.0. The summed E-state index contributed by atoms with van der Waals surface area (Å²) >= 11 is 0. The number of fused-ring (bicyclic) bond motifs is 1. The molecule has 3 aromatic rings. The minimum Gasteiger partial charge on any atom is -0.462 e. The first kappa shape index (κ1) is 27.3. The SMILES string of the molecule is CCOC(=O)c1c(C)[nH]c(C(=O)[C@H](C)OC(=O)c2cccc(S(=O)(=O)N3CCc4ccccc4C3)c2)c1C. The van der Waals surface area contributed by atoms with Crippen LogP contribution >= 0.6 is 0 Å². The number of carbonyl (C=O) groups excluding carboxylic acids is 3. The first-order chi connectivity index (χ1) is 18.0. The Morgan fingerprint density at radius 3 is 2.45 bits per heavy atom. The summed E-state index contributed by atoms with van der Waals surface area (Å²) in [6, 6.07) is 13.3. The van der Waals surface area contributed by atoms with E-state index in [4.69, 9.17) is 9.47 Å². The van der Waals surface area contributed by atoms with Crippen molar-refractivity contribution in [2.24, 2.45) is 0 Å². The van der Waals surface area contributed by atoms with Crippen LogP contribution in [0, 0.1) is 13.8 Å². The number of nitrogens with zero attached hydrogens (tertiary/aromatic N) is 1. The Morgan fingerprint density at radius 2 is 1.74 bits per heavy atom. The van der Waals surface area contributed by atoms with Gasteiger partial charge in [0.05, 0.1) is 28.3 Å². The molecule has 0 saturated heterocycles. The number of aromatic nitrogens is 1. The van der Waals surface area contributed by atoms with Crippen LogP contribution in [-0.2, 0) is 32.5 Å². The number of benzene rings is 2. The third-order valence-electron chi connectivity index (χ3n) is 6.62. The van der Waals surface area contributed by atoms with E-state index in [0.717, 1.165) is 11.1 Å². The van der Waals surface area contributed by atoms with Crippen molar-refractivity contribution in [1.82, 2.24) is 9.29 Å². The van der Waals surface area contributed by atoms with Crippen molar-refractivity contribution in [1.29, 1.82) is 0 Å². The molecule has 1 N–H and O–H groups in total. The van der Waals surface area contributed by atoms with Crippen molar-refractivity contribution in [2.45, 2.75) is 51.7 Å². The van der Waals surface area contributed by atoms with E-state index in [2.05, 4.69) is 4.98 Å². The maximum absolute atomic E-state index is 13.3. The van der Waals surface area contributed by atoms with E-state index in [1.807, 2.05) is 24.3 Å². The lowest BCUT2D eigenvalue weighted by Gasteiger charge is -2.28. The van der Waals surface area contributed by atoms with Gasteiger partial charge in [-0.3, -0.25) is 4.79 Å². The third-order valence-corrected chi connectivity index (χ3v) is 8.46. The van der Waals surface area contributed by atoms with E-state index in [1.165, 1.54) is 35.5 Å². The summed E-state index contributed by atoms with van der Waals surface area (Å²) in [4.78, 5) is 41.1. The first-order valence-corrected chi connectivity index (χ1v) is 13.8. The van der Waals surface area contributed by atoms with Crippen LogP contribution in [0.15, 0.2) is 53.4 Å². The van der Waals surface area contributed by atoms with E-state index in [0.29, 0.717) is 24.2 Å². The molecule has 0 amide bonds. The van der Waals surface area contributed by atoms with E-state index >= 15 is 0 Å². The number of Topliss-reactive ketones (excluding diaryl/α,β-unsaturated/α-hetero) is 1. The molecule has 0 bridgehead atoms. The summed E-state index contributed by atoms with van der Waals surface area (Å²) < 4.78 is 38.5. The van der Waals surface area contributed by atoms with Gasteiger partial charge in [-0.05, 0) is 69.0 Å². The average Bonchev–Trinajstić information content (AvgIpc) is 3.21. The number of carbonyl (C=O) groups is 3. The zero-order valence-corrected chi connectivity index (χ0v) is 22.6. The van der Waals surface area contributed by atoms with Gasteiger partial charge in [0.2, 0.25) is 15.8 Å². The number of rotatable bonds is 8. The number of esters is 2. The molecule has 2 aromatic carbocycles. The maximum Gasteiger partial charge on any atom is 0.340 e. The van der Waals surface area contributed by atoms with E-state index in [9.17, 15) is 22.8 Å². The van der Waals surface area contributed by atoms with Gasteiger partial charge >= 0.3 is 11.9 Å². The quantitative estimate of drug-likeness (QED) is 0.340. The van der Waals surface area contributed by atoms with Crippen LogP contribution in [0.1, 0.15) is 67.4 Å². The molecule has 1 aliphatic heterocycles. The molecule has 0 spiro atoms. The molecule has 10 heteroatoms. The fourth-order valence-corrected chi connectivity index (χ4v) is 6.06. The zero-order valence-electron chi connectivity index (χ0n) is 21.7. The Morgan fingerprint density at radius 1 is 1.03 bits per heavy atom. The molecule has 1 aliphatic rings. The molecule has 0 aliphatic carbocycles. The van der Waals surface area contributed by atoms with E-state index in [1.54, 1.807) is 20.8 Å². The van der Waals surface area contributed by atoms with Gasteiger partial charge in [-0.25, -0.2) is 18.0 Å². The summed E-state index contributed by atoms with van der Waals surface area (Å²) in [5, 5.41) is 0. The lowest BCUT2D eigenvalue weighted by Crippen LogP contribution is -2.36. The van der Waals surface area contributed by atoms with Crippen molar-refractivity contribution in [3.63, 3.8) is 0 Å². The van der Waals surface area contributed by atoms with Crippen LogP contribution in [0.3, 0.4) is 0 Å². The number of ether oxygens (including phenoxy) is 2. The standard InChI is InChI=1S/C28H30N2O7S/c1-5-36-28(33)24-17(2)25(29-18(24)3)26(31)19(4)37-27(32)21-11-8-12-23(15-21)38(34,35)30-14-13-20-9-6-7-10-22(20)16-30/h6-12,15,19,29H,5,13-14,16H2,1-4H3/t19-/m0/s1. The Labute approximate surface area is 221 Å². The molecule has 2 heterocycles. The van der Waals surface area contributed by atoms with Gasteiger partial charge in [-0.2, -0.15) is 4.31 Å². The lowest BCUT2D eigenvalue weighted by molar-refractivity contribution is 0.0316.